The standard InChI is InChI=1S/C24H38O2/c1-4-5-21-22-18-7-6-17-15(16(18)11-13-24(21,22)26)10-12-23(3)19(14(2)25)8-9-20(17)23/h15-22,26H,4-13H2,1-3H3/t15-,16-,17-,18-,19-,20+,21?,22?,23-,24+/m1/s1. The number of hydrogen-bond donors (Lipinski definition) is 1. The molecule has 0 radical (unpaired) electrons. The predicted molar refractivity (Wildman–Crippen MR) is 104 cm³/mol. The Morgan fingerprint density at radius 2 is 1.65 bits per heavy atom. The summed E-state index contributed by atoms with van der Waals surface area (Å²) in [6, 6.07) is 0. The molecule has 146 valence electrons. The number of Topliss-reactive ketones (excluding diaryl/α,β-unsaturated/α-hetero) is 1. The van der Waals surface area contributed by atoms with E-state index < -0.39 is 0 Å². The minimum Gasteiger partial charge on any atom is -0.389 e. The topological polar surface area (TPSA) is 37.3 Å². The van der Waals surface area contributed by atoms with E-state index in [9.17, 15) is 9.90 Å². The second kappa shape index (κ2) is 5.82. The summed E-state index contributed by atoms with van der Waals surface area (Å²) in [6.07, 6.45) is 12.6. The maximum atomic E-state index is 12.2. The van der Waals surface area contributed by atoms with E-state index in [1.165, 1.54) is 51.4 Å². The zero-order valence-electron chi connectivity index (χ0n) is 17.0. The largest absolute Gasteiger partial charge is 0.389 e. The van der Waals surface area contributed by atoms with E-state index in [1.807, 2.05) is 6.92 Å². The summed E-state index contributed by atoms with van der Waals surface area (Å²) in [5.74, 6) is 6.26. The van der Waals surface area contributed by atoms with Crippen LogP contribution in [-0.4, -0.2) is 16.5 Å². The maximum absolute atomic E-state index is 12.2. The molecule has 0 spiro atoms. The first-order valence-electron chi connectivity index (χ1n) is 11.6. The van der Waals surface area contributed by atoms with Crippen molar-refractivity contribution in [2.24, 2.45) is 52.8 Å². The fraction of sp³-hybridized carbons (Fsp3) is 0.958. The Bertz CT molecular complexity index is 599. The average molecular weight is 359 g/mol. The average Bonchev–Trinajstić information content (AvgIpc) is 3.03. The second-order valence-corrected chi connectivity index (χ2v) is 11.1. The van der Waals surface area contributed by atoms with Crippen LogP contribution < -0.4 is 0 Å². The Morgan fingerprint density at radius 3 is 2.38 bits per heavy atom. The maximum Gasteiger partial charge on any atom is 0.133 e. The third-order valence-electron chi connectivity index (χ3n) is 10.4. The van der Waals surface area contributed by atoms with Crippen LogP contribution in [0.5, 0.6) is 0 Å². The quantitative estimate of drug-likeness (QED) is 0.750. The summed E-state index contributed by atoms with van der Waals surface area (Å²) in [4.78, 5) is 12.2. The molecule has 1 N–H and O–H groups in total. The summed E-state index contributed by atoms with van der Waals surface area (Å²) < 4.78 is 0. The van der Waals surface area contributed by atoms with Crippen LogP contribution in [0.2, 0.25) is 0 Å². The molecule has 0 aromatic heterocycles. The number of fused-ring (bicyclic) bond motifs is 7. The number of hydrogen-bond acceptors (Lipinski definition) is 2. The Labute approximate surface area is 159 Å². The molecule has 0 heterocycles. The Hall–Kier alpha value is -0.370. The number of rotatable bonds is 3. The minimum absolute atomic E-state index is 0.278. The van der Waals surface area contributed by atoms with Crippen LogP contribution in [0.25, 0.3) is 0 Å². The zero-order valence-corrected chi connectivity index (χ0v) is 17.0. The highest BCUT2D eigenvalue weighted by atomic mass is 16.3. The van der Waals surface area contributed by atoms with Crippen LogP contribution >= 0.6 is 0 Å². The number of aliphatic hydroxyl groups is 1. The van der Waals surface area contributed by atoms with Crippen molar-refractivity contribution in [1.29, 1.82) is 0 Å². The molecule has 0 aliphatic heterocycles. The van der Waals surface area contributed by atoms with Gasteiger partial charge in [0.1, 0.15) is 5.78 Å². The third-order valence-corrected chi connectivity index (χ3v) is 10.4. The van der Waals surface area contributed by atoms with Crippen molar-refractivity contribution in [3.8, 4) is 0 Å². The lowest BCUT2D eigenvalue weighted by Gasteiger charge is -2.55. The molecule has 0 saturated heterocycles. The van der Waals surface area contributed by atoms with Gasteiger partial charge in [-0.25, -0.2) is 0 Å². The van der Waals surface area contributed by atoms with Gasteiger partial charge in [-0.3, -0.25) is 4.79 Å². The molecule has 5 fully saturated rings. The summed E-state index contributed by atoms with van der Waals surface area (Å²) in [7, 11) is 0. The summed E-state index contributed by atoms with van der Waals surface area (Å²) in [5, 5.41) is 11.1. The third kappa shape index (κ3) is 2.17. The minimum atomic E-state index is -0.278. The summed E-state index contributed by atoms with van der Waals surface area (Å²) >= 11 is 0. The van der Waals surface area contributed by atoms with Gasteiger partial charge in [0.2, 0.25) is 0 Å². The van der Waals surface area contributed by atoms with Crippen molar-refractivity contribution in [1.82, 2.24) is 0 Å². The van der Waals surface area contributed by atoms with E-state index in [0.29, 0.717) is 29.0 Å². The van der Waals surface area contributed by atoms with E-state index in [2.05, 4.69) is 13.8 Å². The molecular weight excluding hydrogens is 320 g/mol. The van der Waals surface area contributed by atoms with Gasteiger partial charge in [0, 0.05) is 5.92 Å². The zero-order chi connectivity index (χ0) is 18.3. The molecule has 26 heavy (non-hydrogen) atoms. The smallest absolute Gasteiger partial charge is 0.133 e. The molecule has 2 unspecified atom stereocenters. The van der Waals surface area contributed by atoms with Gasteiger partial charge in [0.25, 0.3) is 0 Å². The van der Waals surface area contributed by atoms with E-state index >= 15 is 0 Å². The molecule has 5 aliphatic rings. The van der Waals surface area contributed by atoms with E-state index in [-0.39, 0.29) is 5.60 Å². The van der Waals surface area contributed by atoms with Crippen molar-refractivity contribution in [2.75, 3.05) is 0 Å². The molecule has 2 heteroatoms. The number of ketones is 1. The molecule has 0 aromatic carbocycles. The van der Waals surface area contributed by atoms with E-state index in [1.54, 1.807) is 0 Å². The Morgan fingerprint density at radius 1 is 0.962 bits per heavy atom. The van der Waals surface area contributed by atoms with Crippen LogP contribution in [0.4, 0.5) is 0 Å². The normalized spacial score (nSPS) is 57.5. The molecular formula is C24H38O2. The monoisotopic (exact) mass is 358 g/mol. The van der Waals surface area contributed by atoms with Gasteiger partial charge < -0.3 is 5.11 Å². The Kier molecular flexibility index (Phi) is 3.96. The van der Waals surface area contributed by atoms with Crippen LogP contribution in [-0.2, 0) is 4.79 Å². The highest BCUT2D eigenvalue weighted by molar-refractivity contribution is 5.79. The van der Waals surface area contributed by atoms with Gasteiger partial charge in [0.15, 0.2) is 0 Å². The van der Waals surface area contributed by atoms with Gasteiger partial charge >= 0.3 is 0 Å². The van der Waals surface area contributed by atoms with Crippen molar-refractivity contribution in [3.63, 3.8) is 0 Å². The molecule has 0 bridgehead atoms. The van der Waals surface area contributed by atoms with Gasteiger partial charge in [0.05, 0.1) is 5.60 Å². The van der Waals surface area contributed by atoms with Crippen molar-refractivity contribution in [3.05, 3.63) is 0 Å². The van der Waals surface area contributed by atoms with Crippen LogP contribution in [0, 0.1) is 52.8 Å². The molecule has 5 rings (SSSR count). The fourth-order valence-electron chi connectivity index (χ4n) is 9.42. The predicted octanol–water partition coefficient (Wildman–Crippen LogP) is 5.23. The fourth-order valence-corrected chi connectivity index (χ4v) is 9.42. The molecule has 10 atom stereocenters. The van der Waals surface area contributed by atoms with Gasteiger partial charge in [-0.1, -0.05) is 20.3 Å². The molecule has 0 amide bonds. The van der Waals surface area contributed by atoms with Crippen molar-refractivity contribution in [2.45, 2.75) is 90.6 Å². The van der Waals surface area contributed by atoms with Crippen molar-refractivity contribution >= 4 is 5.78 Å². The SMILES string of the molecule is CCCC1C2[C@@H]3CC[C@@H]4[C@H](CC[C@]5(C)[C@@H](C(C)=O)CC[C@@H]45)[C@H]3CC[C@]12O. The highest BCUT2D eigenvalue weighted by Gasteiger charge is 2.70. The number of carbonyl (C=O) groups is 1. The van der Waals surface area contributed by atoms with Crippen molar-refractivity contribution < 1.29 is 9.90 Å². The Balaban J connectivity index is 1.37. The first kappa shape index (κ1) is 17.7. The molecule has 5 aliphatic carbocycles. The summed E-state index contributed by atoms with van der Waals surface area (Å²) in [5.41, 5.74) is 0.0137. The first-order chi connectivity index (χ1) is 12.4. The summed E-state index contributed by atoms with van der Waals surface area (Å²) in [6.45, 7) is 6.57. The molecule has 2 nitrogen and oxygen atoms in total. The number of carbonyl (C=O) groups excluding carboxylic acids is 1. The lowest BCUT2D eigenvalue weighted by molar-refractivity contribution is -0.128. The van der Waals surface area contributed by atoms with E-state index in [4.69, 9.17) is 0 Å². The second-order valence-electron chi connectivity index (χ2n) is 11.1. The van der Waals surface area contributed by atoms with Gasteiger partial charge in [-0.2, -0.15) is 0 Å². The van der Waals surface area contributed by atoms with E-state index in [0.717, 1.165) is 42.4 Å². The first-order valence-corrected chi connectivity index (χ1v) is 11.6. The lowest BCUT2D eigenvalue weighted by Crippen LogP contribution is -2.50. The van der Waals surface area contributed by atoms with Crippen LogP contribution in [0.1, 0.15) is 85.0 Å². The highest BCUT2D eigenvalue weighted by Crippen LogP contribution is 2.71. The van der Waals surface area contributed by atoms with Crippen LogP contribution in [0.15, 0.2) is 0 Å². The molecule has 0 aromatic rings. The lowest BCUT2D eigenvalue weighted by atomic mass is 9.49. The van der Waals surface area contributed by atoms with Gasteiger partial charge in [-0.05, 0) is 112 Å². The van der Waals surface area contributed by atoms with Gasteiger partial charge in [-0.15, -0.1) is 0 Å². The van der Waals surface area contributed by atoms with Crippen LogP contribution in [0.3, 0.4) is 0 Å². The molecule has 5 saturated carbocycles.